The Hall–Kier alpha value is -0.810. The summed E-state index contributed by atoms with van der Waals surface area (Å²) in [6.07, 6.45) is 5.99. The first-order valence-corrected chi connectivity index (χ1v) is 12.0. The van der Waals surface area contributed by atoms with E-state index < -0.39 is 4.33 Å². The van der Waals surface area contributed by atoms with Crippen LogP contribution >= 0.6 is 23.2 Å². The van der Waals surface area contributed by atoms with Crippen molar-refractivity contribution >= 4 is 29.1 Å². The number of rotatable bonds is 4. The number of alkyl halides is 2. The maximum atomic E-state index is 13.3. The van der Waals surface area contributed by atoms with Gasteiger partial charge in [0.15, 0.2) is 0 Å². The Balaban J connectivity index is 1.60. The third kappa shape index (κ3) is 3.90. The van der Waals surface area contributed by atoms with Gasteiger partial charge in [0.1, 0.15) is 0 Å². The number of benzene rings is 1. The summed E-state index contributed by atoms with van der Waals surface area (Å²) in [5, 5.41) is 2.19. The van der Waals surface area contributed by atoms with Crippen LogP contribution in [0.5, 0.6) is 0 Å². The van der Waals surface area contributed by atoms with E-state index in [1.165, 1.54) is 6.42 Å². The predicted molar refractivity (Wildman–Crippen MR) is 121 cm³/mol. The third-order valence-electron chi connectivity index (χ3n) is 7.28. The van der Waals surface area contributed by atoms with Gasteiger partial charge in [-0.3, -0.25) is 9.63 Å². The lowest BCUT2D eigenvalue weighted by Crippen LogP contribution is -2.61. The Morgan fingerprint density at radius 1 is 1.00 bits per heavy atom. The van der Waals surface area contributed by atoms with E-state index in [9.17, 15) is 4.79 Å². The topological polar surface area (TPSA) is 32.8 Å². The smallest absolute Gasteiger partial charge is 0.260 e. The van der Waals surface area contributed by atoms with Crippen molar-refractivity contribution in [3.63, 3.8) is 0 Å². The first-order chi connectivity index (χ1) is 14.0. The molecule has 1 amide bonds. The molecule has 1 aromatic rings. The summed E-state index contributed by atoms with van der Waals surface area (Å²) in [6, 6.07) is 10.1. The van der Waals surface area contributed by atoms with Crippen LogP contribution in [-0.2, 0) is 16.2 Å². The molecule has 0 spiro atoms. The number of hydrogen-bond acceptors (Lipinski definition) is 3. The second kappa shape index (κ2) is 7.95. The van der Waals surface area contributed by atoms with Gasteiger partial charge in [-0.15, -0.1) is 0 Å². The summed E-state index contributed by atoms with van der Waals surface area (Å²) in [7, 11) is 0. The van der Waals surface area contributed by atoms with Gasteiger partial charge in [-0.25, -0.2) is 0 Å². The van der Waals surface area contributed by atoms with Crippen molar-refractivity contribution in [2.45, 2.75) is 100 Å². The van der Waals surface area contributed by atoms with Crippen molar-refractivity contribution < 1.29 is 9.63 Å². The number of hydrogen-bond donors (Lipinski definition) is 0. The van der Waals surface area contributed by atoms with Crippen LogP contribution in [0.3, 0.4) is 0 Å². The Labute approximate surface area is 190 Å². The van der Waals surface area contributed by atoms with Crippen LogP contribution in [0.1, 0.15) is 71.8 Å². The van der Waals surface area contributed by atoms with E-state index in [4.69, 9.17) is 28.0 Å². The minimum atomic E-state index is -1.45. The molecule has 2 heterocycles. The molecule has 166 valence electrons. The van der Waals surface area contributed by atoms with Gasteiger partial charge >= 0.3 is 0 Å². The van der Waals surface area contributed by atoms with Gasteiger partial charge in [0, 0.05) is 29.6 Å². The van der Waals surface area contributed by atoms with Gasteiger partial charge < -0.3 is 4.90 Å². The lowest BCUT2D eigenvalue weighted by Gasteiger charge is -2.54. The number of fused-ring (bicyclic) bond motifs is 1. The highest BCUT2D eigenvalue weighted by atomic mass is 35.5. The van der Waals surface area contributed by atoms with Crippen molar-refractivity contribution in [3.8, 4) is 0 Å². The molecule has 2 aliphatic heterocycles. The first kappa shape index (κ1) is 22.4. The van der Waals surface area contributed by atoms with Gasteiger partial charge in [0.25, 0.3) is 5.91 Å². The molecule has 30 heavy (non-hydrogen) atoms. The van der Waals surface area contributed by atoms with Crippen molar-refractivity contribution in [1.82, 2.24) is 9.96 Å². The number of carbonyl (C=O) groups excluding carboxylic acids is 1. The second-order valence-electron chi connectivity index (χ2n) is 10.5. The molecule has 2 saturated heterocycles. The number of piperidine rings is 1. The number of likely N-dealkylation sites (tertiary alicyclic amines) is 1. The highest BCUT2D eigenvalue weighted by Gasteiger charge is 2.62. The number of amides is 1. The Morgan fingerprint density at radius 3 is 2.27 bits per heavy atom. The SMILES string of the molecule is CC1(C)CCCC(C)(C)N1O[C@@H]1CCC[C@@H]2[C@H]1C(Cl)(Cl)C(=O)N2Cc1ccccc1. The summed E-state index contributed by atoms with van der Waals surface area (Å²) in [6.45, 7) is 9.50. The average molecular weight is 453 g/mol. The van der Waals surface area contributed by atoms with Gasteiger partial charge in [0.2, 0.25) is 4.33 Å². The van der Waals surface area contributed by atoms with E-state index in [0.717, 1.165) is 37.7 Å². The molecule has 0 unspecified atom stereocenters. The Kier molecular flexibility index (Phi) is 5.93. The third-order valence-corrected chi connectivity index (χ3v) is 8.11. The fourth-order valence-electron chi connectivity index (χ4n) is 5.93. The van der Waals surface area contributed by atoms with E-state index >= 15 is 0 Å². The predicted octanol–water partition coefficient (Wildman–Crippen LogP) is 5.71. The maximum absolute atomic E-state index is 13.3. The van der Waals surface area contributed by atoms with Crippen LogP contribution in [0.25, 0.3) is 0 Å². The zero-order valence-corrected chi connectivity index (χ0v) is 20.0. The van der Waals surface area contributed by atoms with Gasteiger partial charge in [-0.2, -0.15) is 5.06 Å². The normalized spacial score (nSPS) is 32.8. The molecule has 6 heteroatoms. The number of carbonyl (C=O) groups is 1. The zero-order chi connectivity index (χ0) is 21.7. The monoisotopic (exact) mass is 452 g/mol. The first-order valence-electron chi connectivity index (χ1n) is 11.2. The fourth-order valence-corrected chi connectivity index (χ4v) is 6.72. The number of nitrogens with zero attached hydrogens (tertiary/aromatic N) is 2. The maximum Gasteiger partial charge on any atom is 0.260 e. The van der Waals surface area contributed by atoms with Crippen molar-refractivity contribution in [2.75, 3.05) is 0 Å². The molecule has 1 aromatic carbocycles. The molecular weight excluding hydrogens is 419 g/mol. The van der Waals surface area contributed by atoms with Crippen LogP contribution in [0, 0.1) is 5.92 Å². The minimum Gasteiger partial charge on any atom is -0.332 e. The summed E-state index contributed by atoms with van der Waals surface area (Å²) in [5.74, 6) is -0.420. The van der Waals surface area contributed by atoms with Crippen LogP contribution in [0.2, 0.25) is 0 Å². The number of halogens is 2. The van der Waals surface area contributed by atoms with Crippen LogP contribution < -0.4 is 0 Å². The van der Waals surface area contributed by atoms with E-state index in [-0.39, 0.29) is 35.0 Å². The Morgan fingerprint density at radius 2 is 1.63 bits per heavy atom. The molecule has 1 aliphatic carbocycles. The summed E-state index contributed by atoms with van der Waals surface area (Å²) in [4.78, 5) is 21.9. The Bertz CT molecular complexity index is 765. The second-order valence-corrected chi connectivity index (χ2v) is 11.9. The molecule has 3 atom stereocenters. The van der Waals surface area contributed by atoms with Crippen LogP contribution in [0.4, 0.5) is 0 Å². The molecule has 0 aromatic heterocycles. The van der Waals surface area contributed by atoms with Crippen molar-refractivity contribution in [1.29, 1.82) is 0 Å². The molecule has 0 radical (unpaired) electrons. The number of hydroxylamine groups is 2. The van der Waals surface area contributed by atoms with E-state index in [0.29, 0.717) is 6.54 Å². The lowest BCUT2D eigenvalue weighted by molar-refractivity contribution is -0.317. The van der Waals surface area contributed by atoms with Crippen LogP contribution in [-0.4, -0.2) is 43.4 Å². The fraction of sp³-hybridized carbons (Fsp3) is 0.708. The van der Waals surface area contributed by atoms with Gasteiger partial charge in [-0.1, -0.05) is 53.5 Å². The molecule has 3 fully saturated rings. The lowest BCUT2D eigenvalue weighted by atomic mass is 9.80. The summed E-state index contributed by atoms with van der Waals surface area (Å²) < 4.78 is -1.45. The molecule has 4 rings (SSSR count). The summed E-state index contributed by atoms with van der Waals surface area (Å²) >= 11 is 13.6. The summed E-state index contributed by atoms with van der Waals surface area (Å²) in [5.41, 5.74) is 0.960. The highest BCUT2D eigenvalue weighted by Crippen LogP contribution is 2.52. The molecule has 3 aliphatic rings. The molecule has 1 saturated carbocycles. The van der Waals surface area contributed by atoms with E-state index in [1.54, 1.807) is 0 Å². The van der Waals surface area contributed by atoms with E-state index in [1.807, 2.05) is 35.2 Å². The molecule has 4 nitrogen and oxygen atoms in total. The standard InChI is InChI=1S/C24H34Cl2N2O2/c1-22(2)14-9-15-23(3,4)28(22)30-19-13-8-12-18-20(19)24(25,26)21(29)27(18)16-17-10-6-5-7-11-17/h5-7,10-11,18-20H,8-9,12-16H2,1-4H3/t18-,19-,20-/m1/s1. The van der Waals surface area contributed by atoms with Gasteiger partial charge in [0.05, 0.1) is 6.10 Å². The molecule has 0 N–H and O–H groups in total. The average Bonchev–Trinajstić information content (AvgIpc) is 2.87. The van der Waals surface area contributed by atoms with E-state index in [2.05, 4.69) is 32.8 Å². The largest absolute Gasteiger partial charge is 0.332 e. The molecular formula is C24H34Cl2N2O2. The minimum absolute atomic E-state index is 0.00229. The molecule has 0 bridgehead atoms. The van der Waals surface area contributed by atoms with Crippen LogP contribution in [0.15, 0.2) is 30.3 Å². The highest BCUT2D eigenvalue weighted by molar-refractivity contribution is 6.58. The zero-order valence-electron chi connectivity index (χ0n) is 18.5. The van der Waals surface area contributed by atoms with Crippen molar-refractivity contribution in [3.05, 3.63) is 35.9 Å². The quantitative estimate of drug-likeness (QED) is 0.547. The van der Waals surface area contributed by atoms with Gasteiger partial charge in [-0.05, 0) is 71.8 Å². The van der Waals surface area contributed by atoms with Crippen molar-refractivity contribution in [2.24, 2.45) is 5.92 Å².